The second-order valence-corrected chi connectivity index (χ2v) is 9.86. The van der Waals surface area contributed by atoms with E-state index in [1.165, 1.54) is 4.90 Å². The fraction of sp³-hybridized carbons (Fsp3) is 0.370. The average molecular weight is 565 g/mol. The third kappa shape index (κ3) is 7.73. The maximum atomic E-state index is 13.3. The summed E-state index contributed by atoms with van der Waals surface area (Å²) in [5.74, 6) is -0.155. The normalized spacial score (nSPS) is 17.6. The van der Waals surface area contributed by atoms with Gasteiger partial charge in [-0.3, -0.25) is 14.3 Å². The minimum Gasteiger partial charge on any atom is -0.490 e. The van der Waals surface area contributed by atoms with E-state index in [-0.39, 0.29) is 45.2 Å². The van der Waals surface area contributed by atoms with Crippen LogP contribution >= 0.6 is 11.6 Å². The number of benzene rings is 2. The third-order valence-electron chi connectivity index (χ3n) is 6.34. The van der Waals surface area contributed by atoms with Crippen LogP contribution in [0.2, 0.25) is 5.02 Å². The molecule has 2 aromatic carbocycles. The number of morpholine rings is 1. The van der Waals surface area contributed by atoms with Gasteiger partial charge >= 0.3 is 6.18 Å². The lowest BCUT2D eigenvalue weighted by atomic mass is 9.96. The molecule has 0 N–H and O–H groups in total. The number of rotatable bonds is 9. The van der Waals surface area contributed by atoms with Crippen molar-refractivity contribution in [1.29, 1.82) is 0 Å². The fourth-order valence-corrected chi connectivity index (χ4v) is 4.37. The summed E-state index contributed by atoms with van der Waals surface area (Å²) in [4.78, 5) is 29.4. The molecule has 4 rings (SSSR count). The molecule has 0 radical (unpaired) electrons. The van der Waals surface area contributed by atoms with Crippen LogP contribution in [0, 0.1) is 0 Å². The first kappa shape index (κ1) is 28.4. The number of aromatic nitrogens is 2. The van der Waals surface area contributed by atoms with Crippen molar-refractivity contribution in [2.24, 2.45) is 0 Å². The molecule has 8 nitrogen and oxygen atoms in total. The van der Waals surface area contributed by atoms with Gasteiger partial charge in [0.2, 0.25) is 11.8 Å². The van der Waals surface area contributed by atoms with Gasteiger partial charge in [-0.2, -0.15) is 18.3 Å². The summed E-state index contributed by atoms with van der Waals surface area (Å²) in [7, 11) is 1.69. The molecule has 3 aromatic rings. The van der Waals surface area contributed by atoms with Crippen molar-refractivity contribution in [2.75, 3.05) is 33.4 Å². The number of amides is 2. The second-order valence-electron chi connectivity index (χ2n) is 9.43. The van der Waals surface area contributed by atoms with Crippen LogP contribution in [0.25, 0.3) is 0 Å². The first-order valence-corrected chi connectivity index (χ1v) is 12.6. The Hall–Kier alpha value is -3.57. The van der Waals surface area contributed by atoms with Gasteiger partial charge in [0.15, 0.2) is 0 Å². The molecular weight excluding hydrogens is 537 g/mol. The summed E-state index contributed by atoms with van der Waals surface area (Å²) in [5.41, 5.74) is -1.16. The Labute approximate surface area is 228 Å². The first-order chi connectivity index (χ1) is 18.5. The van der Waals surface area contributed by atoms with Crippen molar-refractivity contribution in [3.63, 3.8) is 0 Å². The predicted molar refractivity (Wildman–Crippen MR) is 137 cm³/mol. The molecule has 0 aliphatic carbocycles. The highest BCUT2D eigenvalue weighted by Gasteiger charge is 2.42. The van der Waals surface area contributed by atoms with Crippen molar-refractivity contribution in [3.8, 4) is 5.75 Å². The van der Waals surface area contributed by atoms with E-state index in [2.05, 4.69) is 5.10 Å². The lowest BCUT2D eigenvalue weighted by Gasteiger charge is -2.42. The molecule has 2 heterocycles. The van der Waals surface area contributed by atoms with Gasteiger partial charge in [-0.05, 0) is 29.8 Å². The van der Waals surface area contributed by atoms with Crippen LogP contribution < -0.4 is 4.74 Å². The Kier molecular flexibility index (Phi) is 8.81. The van der Waals surface area contributed by atoms with E-state index in [1.807, 2.05) is 30.3 Å². The van der Waals surface area contributed by atoms with Gasteiger partial charge in [0.25, 0.3) is 0 Å². The van der Waals surface area contributed by atoms with Crippen molar-refractivity contribution < 1.29 is 32.2 Å². The number of hydrogen-bond acceptors (Lipinski definition) is 5. The zero-order valence-corrected chi connectivity index (χ0v) is 22.0. The molecule has 0 spiro atoms. The van der Waals surface area contributed by atoms with Gasteiger partial charge in [-0.25, -0.2) is 0 Å². The van der Waals surface area contributed by atoms with Crippen LogP contribution in [0.1, 0.15) is 17.5 Å². The molecule has 2 amide bonds. The maximum absolute atomic E-state index is 13.3. The molecule has 1 aliphatic heterocycles. The van der Waals surface area contributed by atoms with Crippen molar-refractivity contribution >= 4 is 23.4 Å². The standard InChI is InChI=1S/C27H28ClF3N4O4/c1-33(15-20-5-3-2-4-6-20)24(36)13-26(19-38-23-9-7-22(28)8-10-23)18-34(11-12-39-26)25(37)17-35-16-21(14-32-35)27(29,30)31/h2-10,14,16H,11-13,15,17-19H2,1H3/t26-/m1/s1. The minimum atomic E-state index is -4.56. The van der Waals surface area contributed by atoms with Gasteiger partial charge in [0.1, 0.15) is 24.5 Å². The van der Waals surface area contributed by atoms with Crippen LogP contribution in [0.4, 0.5) is 13.2 Å². The van der Waals surface area contributed by atoms with E-state index in [9.17, 15) is 22.8 Å². The van der Waals surface area contributed by atoms with E-state index < -0.39 is 23.2 Å². The summed E-state index contributed by atoms with van der Waals surface area (Å²) in [6.07, 6.45) is -3.16. The number of halogens is 4. The predicted octanol–water partition coefficient (Wildman–Crippen LogP) is 4.28. The third-order valence-corrected chi connectivity index (χ3v) is 6.59. The van der Waals surface area contributed by atoms with Crippen LogP contribution in [0.15, 0.2) is 67.0 Å². The van der Waals surface area contributed by atoms with Gasteiger partial charge in [-0.15, -0.1) is 0 Å². The fourth-order valence-electron chi connectivity index (χ4n) is 4.24. The maximum Gasteiger partial charge on any atom is 0.419 e. The summed E-state index contributed by atoms with van der Waals surface area (Å²) in [6.45, 7) is 0.311. The lowest BCUT2D eigenvalue weighted by Crippen LogP contribution is -2.58. The Morgan fingerprint density at radius 2 is 1.87 bits per heavy atom. The molecule has 0 saturated carbocycles. The molecule has 1 aromatic heterocycles. The van der Waals surface area contributed by atoms with E-state index in [1.54, 1.807) is 36.2 Å². The number of carbonyl (C=O) groups is 2. The molecule has 39 heavy (non-hydrogen) atoms. The van der Waals surface area contributed by atoms with Gasteiger partial charge < -0.3 is 19.3 Å². The van der Waals surface area contributed by atoms with Crippen molar-refractivity contribution in [3.05, 3.63) is 83.1 Å². The van der Waals surface area contributed by atoms with Gasteiger partial charge in [0.05, 0.1) is 31.3 Å². The highest BCUT2D eigenvalue weighted by Crippen LogP contribution is 2.29. The van der Waals surface area contributed by atoms with Crippen LogP contribution in [0.5, 0.6) is 5.75 Å². The number of hydrogen-bond donors (Lipinski definition) is 0. The van der Waals surface area contributed by atoms with E-state index >= 15 is 0 Å². The van der Waals surface area contributed by atoms with E-state index in [0.717, 1.165) is 16.4 Å². The number of ether oxygens (including phenoxy) is 2. The van der Waals surface area contributed by atoms with Crippen molar-refractivity contribution in [2.45, 2.75) is 31.3 Å². The van der Waals surface area contributed by atoms with Crippen LogP contribution in [-0.4, -0.2) is 70.3 Å². The largest absolute Gasteiger partial charge is 0.490 e. The lowest BCUT2D eigenvalue weighted by molar-refractivity contribution is -0.166. The molecule has 12 heteroatoms. The number of nitrogens with zero attached hydrogens (tertiary/aromatic N) is 4. The Balaban J connectivity index is 1.48. The summed E-state index contributed by atoms with van der Waals surface area (Å²) < 4.78 is 51.8. The highest BCUT2D eigenvalue weighted by molar-refractivity contribution is 6.30. The van der Waals surface area contributed by atoms with Crippen LogP contribution in [-0.2, 0) is 33.6 Å². The SMILES string of the molecule is CN(Cc1ccccc1)C(=O)C[C@]1(COc2ccc(Cl)cc2)CN(C(=O)Cn2cc(C(F)(F)F)cn2)CCO1. The number of carbonyl (C=O) groups excluding carboxylic acids is 2. The smallest absolute Gasteiger partial charge is 0.419 e. The van der Waals surface area contributed by atoms with Crippen molar-refractivity contribution in [1.82, 2.24) is 19.6 Å². The zero-order valence-electron chi connectivity index (χ0n) is 21.2. The molecule has 0 bridgehead atoms. The Bertz CT molecular complexity index is 1270. The minimum absolute atomic E-state index is 0.0116. The molecular formula is C27H28ClF3N4O4. The molecule has 1 saturated heterocycles. The second kappa shape index (κ2) is 12.1. The van der Waals surface area contributed by atoms with Crippen LogP contribution in [0.3, 0.4) is 0 Å². The average Bonchev–Trinajstić information content (AvgIpc) is 3.38. The zero-order chi connectivity index (χ0) is 28.0. The first-order valence-electron chi connectivity index (χ1n) is 12.2. The molecule has 1 fully saturated rings. The monoisotopic (exact) mass is 564 g/mol. The Morgan fingerprint density at radius 1 is 1.15 bits per heavy atom. The summed E-state index contributed by atoms with van der Waals surface area (Å²) in [5, 5.41) is 4.20. The molecule has 208 valence electrons. The molecule has 1 aliphatic rings. The Morgan fingerprint density at radius 3 is 2.54 bits per heavy atom. The molecule has 1 atom stereocenters. The highest BCUT2D eigenvalue weighted by atomic mass is 35.5. The topological polar surface area (TPSA) is 76.9 Å². The van der Waals surface area contributed by atoms with Gasteiger partial charge in [0, 0.05) is 31.4 Å². The van der Waals surface area contributed by atoms with E-state index in [0.29, 0.717) is 23.5 Å². The summed E-state index contributed by atoms with van der Waals surface area (Å²) >= 11 is 5.96. The number of alkyl halides is 3. The quantitative estimate of drug-likeness (QED) is 0.388. The van der Waals surface area contributed by atoms with E-state index in [4.69, 9.17) is 21.1 Å². The van der Waals surface area contributed by atoms with Gasteiger partial charge in [-0.1, -0.05) is 41.9 Å². The summed E-state index contributed by atoms with van der Waals surface area (Å²) in [6, 6.07) is 16.2. The molecule has 0 unspecified atom stereocenters.